The lowest BCUT2D eigenvalue weighted by atomic mass is 10.0. The van der Waals surface area contributed by atoms with Gasteiger partial charge in [-0.1, -0.05) is 18.6 Å². The zero-order valence-electron chi connectivity index (χ0n) is 15.0. The van der Waals surface area contributed by atoms with Gasteiger partial charge in [0.05, 0.1) is 6.04 Å². The molecule has 6 nitrogen and oxygen atoms in total. The van der Waals surface area contributed by atoms with Gasteiger partial charge in [-0.2, -0.15) is 0 Å². The van der Waals surface area contributed by atoms with Crippen LogP contribution in [0, 0.1) is 5.82 Å². The van der Waals surface area contributed by atoms with Crippen LogP contribution < -0.4 is 16.4 Å². The predicted octanol–water partition coefficient (Wildman–Crippen LogP) is 3.90. The molecule has 0 saturated carbocycles. The van der Waals surface area contributed by atoms with E-state index in [1.165, 1.54) is 29.8 Å². The van der Waals surface area contributed by atoms with E-state index < -0.39 is 0 Å². The molecule has 0 bridgehead atoms. The molecule has 1 aliphatic heterocycles. The Morgan fingerprint density at radius 3 is 2.30 bits per heavy atom. The summed E-state index contributed by atoms with van der Waals surface area (Å²) in [6.45, 7) is 0.589. The number of aryl methyl sites for hydroxylation is 1. The van der Waals surface area contributed by atoms with Gasteiger partial charge in [0.25, 0.3) is 6.02 Å². The van der Waals surface area contributed by atoms with E-state index in [1.54, 1.807) is 0 Å². The van der Waals surface area contributed by atoms with Crippen molar-refractivity contribution < 1.29 is 13.9 Å². The standard InChI is InChI=1S/C20H23FN4O2/c21-15-7-11-17(12-8-15)25-20(26)24-16-9-5-14(6-10-16)3-1-2-4-18-13-27-19(22)23-18/h5-12,18H,1-4,13H2,(H2,22,23)(H2,24,25,26)/t18-/m0/s1. The minimum absolute atomic E-state index is 0.191. The molecule has 0 saturated heterocycles. The van der Waals surface area contributed by atoms with E-state index in [0.29, 0.717) is 24.0 Å². The lowest BCUT2D eigenvalue weighted by molar-refractivity contribution is 0.262. The van der Waals surface area contributed by atoms with Gasteiger partial charge >= 0.3 is 6.03 Å². The van der Waals surface area contributed by atoms with E-state index in [1.807, 2.05) is 24.3 Å². The van der Waals surface area contributed by atoms with Gasteiger partial charge in [0, 0.05) is 11.4 Å². The third-order valence-corrected chi connectivity index (χ3v) is 4.30. The van der Waals surface area contributed by atoms with Gasteiger partial charge in [-0.3, -0.25) is 0 Å². The molecule has 2 aromatic rings. The molecule has 0 unspecified atom stereocenters. The Morgan fingerprint density at radius 2 is 1.70 bits per heavy atom. The van der Waals surface area contributed by atoms with Gasteiger partial charge in [0.15, 0.2) is 0 Å². The van der Waals surface area contributed by atoms with Crippen LogP contribution in [-0.4, -0.2) is 24.7 Å². The normalized spacial score (nSPS) is 15.7. The molecule has 0 aliphatic carbocycles. The first-order chi connectivity index (χ1) is 13.1. The van der Waals surface area contributed by atoms with Gasteiger partial charge < -0.3 is 21.1 Å². The van der Waals surface area contributed by atoms with Crippen molar-refractivity contribution in [2.24, 2.45) is 10.7 Å². The summed E-state index contributed by atoms with van der Waals surface area (Å²) in [4.78, 5) is 16.2. The lowest BCUT2D eigenvalue weighted by Gasteiger charge is -2.09. The molecule has 27 heavy (non-hydrogen) atoms. The van der Waals surface area contributed by atoms with Crippen molar-refractivity contribution >= 4 is 23.4 Å². The first kappa shape index (κ1) is 18.7. The minimum Gasteiger partial charge on any atom is -0.463 e. The van der Waals surface area contributed by atoms with Crippen molar-refractivity contribution in [3.05, 3.63) is 59.9 Å². The molecule has 1 atom stereocenters. The van der Waals surface area contributed by atoms with Crippen LogP contribution in [0.2, 0.25) is 0 Å². The van der Waals surface area contributed by atoms with Gasteiger partial charge in [0.1, 0.15) is 12.4 Å². The second-order valence-corrected chi connectivity index (χ2v) is 6.46. The molecule has 0 spiro atoms. The number of amidine groups is 1. The van der Waals surface area contributed by atoms with Crippen LogP contribution in [0.1, 0.15) is 24.8 Å². The number of nitrogens with one attached hydrogen (secondary N) is 2. The van der Waals surface area contributed by atoms with Crippen molar-refractivity contribution in [3.63, 3.8) is 0 Å². The van der Waals surface area contributed by atoms with Crippen LogP contribution in [0.25, 0.3) is 0 Å². The maximum atomic E-state index is 12.9. The average molecular weight is 370 g/mol. The van der Waals surface area contributed by atoms with Crippen LogP contribution in [0.15, 0.2) is 53.5 Å². The lowest BCUT2D eigenvalue weighted by Crippen LogP contribution is -2.19. The third kappa shape index (κ3) is 5.99. The van der Waals surface area contributed by atoms with E-state index >= 15 is 0 Å². The van der Waals surface area contributed by atoms with Crippen LogP contribution in [0.3, 0.4) is 0 Å². The fourth-order valence-corrected chi connectivity index (χ4v) is 2.87. The number of aliphatic imine (C=N–C) groups is 1. The molecule has 1 heterocycles. The average Bonchev–Trinajstić information content (AvgIpc) is 3.07. The number of hydrogen-bond donors (Lipinski definition) is 3. The summed E-state index contributed by atoms with van der Waals surface area (Å²) in [5.74, 6) is -0.343. The number of ether oxygens (including phenoxy) is 1. The monoisotopic (exact) mass is 370 g/mol. The van der Waals surface area contributed by atoms with Crippen molar-refractivity contribution in [1.29, 1.82) is 0 Å². The van der Waals surface area contributed by atoms with Gasteiger partial charge in [-0.25, -0.2) is 14.2 Å². The summed E-state index contributed by atoms with van der Waals surface area (Å²) in [5.41, 5.74) is 7.94. The first-order valence-corrected chi connectivity index (χ1v) is 8.97. The quantitative estimate of drug-likeness (QED) is 0.646. The van der Waals surface area contributed by atoms with E-state index in [0.717, 1.165) is 25.7 Å². The maximum Gasteiger partial charge on any atom is 0.323 e. The van der Waals surface area contributed by atoms with Crippen LogP contribution >= 0.6 is 0 Å². The predicted molar refractivity (Wildman–Crippen MR) is 104 cm³/mol. The van der Waals surface area contributed by atoms with Crippen molar-refractivity contribution in [3.8, 4) is 0 Å². The van der Waals surface area contributed by atoms with E-state index in [4.69, 9.17) is 10.5 Å². The van der Waals surface area contributed by atoms with Crippen LogP contribution in [0.4, 0.5) is 20.6 Å². The number of unbranched alkanes of at least 4 members (excludes halogenated alkanes) is 1. The number of nitrogens with zero attached hydrogens (tertiary/aromatic N) is 1. The van der Waals surface area contributed by atoms with Crippen molar-refractivity contribution in [1.82, 2.24) is 0 Å². The second-order valence-electron chi connectivity index (χ2n) is 6.46. The Hall–Kier alpha value is -3.09. The molecule has 0 aromatic heterocycles. The van der Waals surface area contributed by atoms with Crippen LogP contribution in [-0.2, 0) is 11.2 Å². The van der Waals surface area contributed by atoms with Crippen LogP contribution in [0.5, 0.6) is 0 Å². The Bertz CT molecular complexity index is 791. The number of anilines is 2. The zero-order chi connectivity index (χ0) is 19.1. The molecule has 0 radical (unpaired) electrons. The molecule has 7 heteroatoms. The Morgan fingerprint density at radius 1 is 1.07 bits per heavy atom. The molecular formula is C20H23FN4O2. The number of carbonyl (C=O) groups excluding carboxylic acids is 1. The highest BCUT2D eigenvalue weighted by atomic mass is 19.1. The Labute approximate surface area is 157 Å². The first-order valence-electron chi connectivity index (χ1n) is 8.97. The zero-order valence-corrected chi connectivity index (χ0v) is 15.0. The molecule has 3 rings (SSSR count). The van der Waals surface area contributed by atoms with Gasteiger partial charge in [-0.15, -0.1) is 0 Å². The number of benzene rings is 2. The summed E-state index contributed by atoms with van der Waals surface area (Å²) in [6.07, 6.45) is 4.06. The summed E-state index contributed by atoms with van der Waals surface area (Å²) in [7, 11) is 0. The largest absolute Gasteiger partial charge is 0.463 e. The number of rotatable bonds is 7. The molecule has 2 aromatic carbocycles. The molecule has 4 N–H and O–H groups in total. The van der Waals surface area contributed by atoms with Gasteiger partial charge in [-0.05, 0) is 61.2 Å². The SMILES string of the molecule is NC1=N[C@@H](CCCCc2ccc(NC(=O)Nc3ccc(F)cc3)cc2)CO1. The third-order valence-electron chi connectivity index (χ3n) is 4.30. The van der Waals surface area contributed by atoms with Crippen molar-refractivity contribution in [2.75, 3.05) is 17.2 Å². The summed E-state index contributed by atoms with van der Waals surface area (Å²) < 4.78 is 18.0. The highest BCUT2D eigenvalue weighted by Gasteiger charge is 2.15. The van der Waals surface area contributed by atoms with E-state index in [2.05, 4.69) is 15.6 Å². The summed E-state index contributed by atoms with van der Waals surface area (Å²) >= 11 is 0. The van der Waals surface area contributed by atoms with Crippen molar-refractivity contribution in [2.45, 2.75) is 31.7 Å². The maximum absolute atomic E-state index is 12.9. The summed E-state index contributed by atoms with van der Waals surface area (Å²) in [5, 5.41) is 5.41. The number of amides is 2. The smallest absolute Gasteiger partial charge is 0.323 e. The molecular weight excluding hydrogens is 347 g/mol. The molecule has 1 aliphatic rings. The second kappa shape index (κ2) is 9.02. The number of hydrogen-bond acceptors (Lipinski definition) is 4. The topological polar surface area (TPSA) is 88.7 Å². The molecule has 2 amide bonds. The minimum atomic E-state index is -0.368. The fraction of sp³-hybridized carbons (Fsp3) is 0.300. The number of carbonyl (C=O) groups is 1. The Kier molecular flexibility index (Phi) is 6.25. The highest BCUT2D eigenvalue weighted by Crippen LogP contribution is 2.15. The molecule has 0 fully saturated rings. The summed E-state index contributed by atoms with van der Waals surface area (Å²) in [6, 6.07) is 13.5. The fourth-order valence-electron chi connectivity index (χ4n) is 2.87. The number of urea groups is 1. The molecule has 142 valence electrons. The number of halogens is 1. The highest BCUT2D eigenvalue weighted by molar-refractivity contribution is 5.99. The van der Waals surface area contributed by atoms with E-state index in [-0.39, 0.29) is 17.9 Å². The number of nitrogens with two attached hydrogens (primary N) is 1. The Balaban J connectivity index is 1.39. The van der Waals surface area contributed by atoms with E-state index in [9.17, 15) is 9.18 Å². The van der Waals surface area contributed by atoms with Gasteiger partial charge in [0.2, 0.25) is 0 Å².